The predicted molar refractivity (Wildman–Crippen MR) is 222 cm³/mol. The van der Waals surface area contributed by atoms with Crippen molar-refractivity contribution in [3.05, 3.63) is 181 Å². The summed E-state index contributed by atoms with van der Waals surface area (Å²) >= 11 is 0. The minimum atomic E-state index is -0.152. The molecular weight excluding hydrogens is 661 g/mol. The molecule has 8 aromatic carbocycles. The van der Waals surface area contributed by atoms with Crippen molar-refractivity contribution in [3.8, 4) is 33.7 Å². The van der Waals surface area contributed by atoms with E-state index in [-0.39, 0.29) is 5.41 Å². The van der Waals surface area contributed by atoms with Gasteiger partial charge in [-0.05, 0) is 105 Å². The van der Waals surface area contributed by atoms with Crippen LogP contribution in [0.5, 0.6) is 0 Å². The first-order valence-corrected chi connectivity index (χ1v) is 18.5. The maximum atomic E-state index is 6.60. The van der Waals surface area contributed by atoms with Crippen molar-refractivity contribution in [2.45, 2.75) is 19.3 Å². The molecule has 0 atom stereocenters. The molecule has 256 valence electrons. The van der Waals surface area contributed by atoms with Crippen LogP contribution in [-0.2, 0) is 5.41 Å². The monoisotopic (exact) mass is 694 g/mol. The second-order valence-electron chi connectivity index (χ2n) is 14.7. The largest absolute Gasteiger partial charge is 0.456 e. The van der Waals surface area contributed by atoms with Crippen LogP contribution < -0.4 is 4.90 Å². The molecule has 0 radical (unpaired) electrons. The lowest BCUT2D eigenvalue weighted by atomic mass is 9.82. The van der Waals surface area contributed by atoms with Gasteiger partial charge in [-0.25, -0.2) is 4.98 Å². The standard InChI is InChI=1S/C50H34N2O2/c1-50(2)41-28-26-33(29-40(41)47-37(19-11-21-42(47)50)36-18-10-14-31-13-6-7-17-35(31)36)52(32-15-4-3-5-16-32)34-25-27-38-46(30-34)53-45-24-12-20-39(48(38)45)49-51-43-22-8-9-23-44(43)54-49/h3-30H,1-2H3. The Balaban J connectivity index is 1.09. The van der Waals surface area contributed by atoms with Gasteiger partial charge in [-0.1, -0.05) is 117 Å². The van der Waals surface area contributed by atoms with E-state index in [0.717, 1.165) is 55.7 Å². The molecule has 11 rings (SSSR count). The van der Waals surface area contributed by atoms with Crippen LogP contribution in [0.15, 0.2) is 179 Å². The van der Waals surface area contributed by atoms with Crippen LogP contribution >= 0.6 is 0 Å². The van der Waals surface area contributed by atoms with E-state index in [2.05, 4.69) is 152 Å². The van der Waals surface area contributed by atoms with Crippen molar-refractivity contribution in [1.29, 1.82) is 0 Å². The maximum absolute atomic E-state index is 6.60. The molecular formula is C50H34N2O2. The fourth-order valence-corrected chi connectivity index (χ4v) is 8.76. The van der Waals surface area contributed by atoms with Crippen molar-refractivity contribution in [1.82, 2.24) is 4.98 Å². The average Bonchev–Trinajstić information content (AvgIpc) is 3.88. The first-order valence-electron chi connectivity index (χ1n) is 18.5. The molecule has 0 unspecified atom stereocenters. The Bertz CT molecular complexity index is 3060. The third kappa shape index (κ3) is 4.53. The van der Waals surface area contributed by atoms with Crippen molar-refractivity contribution >= 4 is 60.9 Å². The summed E-state index contributed by atoms with van der Waals surface area (Å²) in [6.45, 7) is 4.70. The highest BCUT2D eigenvalue weighted by Crippen LogP contribution is 2.54. The van der Waals surface area contributed by atoms with E-state index in [4.69, 9.17) is 13.8 Å². The van der Waals surface area contributed by atoms with Crippen LogP contribution in [0.4, 0.5) is 17.1 Å². The lowest BCUT2D eigenvalue weighted by Crippen LogP contribution is -2.15. The molecule has 0 N–H and O–H groups in total. The molecule has 0 saturated carbocycles. The van der Waals surface area contributed by atoms with E-state index in [0.29, 0.717) is 5.89 Å². The quantitative estimate of drug-likeness (QED) is 0.180. The number of aromatic nitrogens is 1. The molecule has 0 spiro atoms. The second kappa shape index (κ2) is 11.5. The molecule has 0 fully saturated rings. The van der Waals surface area contributed by atoms with Gasteiger partial charge in [0.15, 0.2) is 5.58 Å². The molecule has 0 bridgehead atoms. The average molecular weight is 695 g/mol. The molecule has 0 aliphatic heterocycles. The van der Waals surface area contributed by atoms with Crippen molar-refractivity contribution < 1.29 is 8.83 Å². The van der Waals surface area contributed by atoms with Gasteiger partial charge >= 0.3 is 0 Å². The minimum absolute atomic E-state index is 0.152. The van der Waals surface area contributed by atoms with Crippen LogP contribution in [0.25, 0.3) is 77.5 Å². The van der Waals surface area contributed by atoms with E-state index in [1.807, 2.05) is 36.4 Å². The summed E-state index contributed by atoms with van der Waals surface area (Å²) in [5, 5.41) is 4.52. The van der Waals surface area contributed by atoms with Gasteiger partial charge in [-0.3, -0.25) is 0 Å². The molecule has 2 aromatic heterocycles. The van der Waals surface area contributed by atoms with Crippen molar-refractivity contribution in [2.24, 2.45) is 0 Å². The summed E-state index contributed by atoms with van der Waals surface area (Å²) < 4.78 is 12.8. The molecule has 54 heavy (non-hydrogen) atoms. The van der Waals surface area contributed by atoms with E-state index in [1.54, 1.807) is 0 Å². The maximum Gasteiger partial charge on any atom is 0.228 e. The molecule has 4 nitrogen and oxygen atoms in total. The molecule has 0 saturated heterocycles. The highest BCUT2D eigenvalue weighted by molar-refractivity contribution is 6.13. The molecule has 0 amide bonds. The third-order valence-electron chi connectivity index (χ3n) is 11.3. The normalized spacial score (nSPS) is 13.1. The Kier molecular flexibility index (Phi) is 6.56. The van der Waals surface area contributed by atoms with E-state index >= 15 is 0 Å². The number of anilines is 3. The summed E-state index contributed by atoms with van der Waals surface area (Å²) in [5.41, 5.74) is 14.9. The zero-order valence-electron chi connectivity index (χ0n) is 29.9. The second-order valence-corrected chi connectivity index (χ2v) is 14.7. The van der Waals surface area contributed by atoms with Crippen LogP contribution in [0, 0.1) is 0 Å². The number of hydrogen-bond acceptors (Lipinski definition) is 4. The Hall–Kier alpha value is -6.91. The molecule has 1 aliphatic carbocycles. The predicted octanol–water partition coefficient (Wildman–Crippen LogP) is 14.0. The van der Waals surface area contributed by atoms with Crippen LogP contribution in [0.2, 0.25) is 0 Å². The summed E-state index contributed by atoms with van der Waals surface area (Å²) in [6, 6.07) is 60.2. The number of furan rings is 1. The Morgan fingerprint density at radius 3 is 2.07 bits per heavy atom. The van der Waals surface area contributed by atoms with Crippen molar-refractivity contribution in [2.75, 3.05) is 4.90 Å². The van der Waals surface area contributed by atoms with Gasteiger partial charge in [0.1, 0.15) is 16.7 Å². The first kappa shape index (κ1) is 30.7. The molecule has 1 aliphatic rings. The lowest BCUT2D eigenvalue weighted by molar-refractivity contribution is 0.620. The number of rotatable bonds is 5. The summed E-state index contributed by atoms with van der Waals surface area (Å²) in [4.78, 5) is 7.16. The Morgan fingerprint density at radius 1 is 0.463 bits per heavy atom. The van der Waals surface area contributed by atoms with Gasteiger partial charge in [0, 0.05) is 44.9 Å². The van der Waals surface area contributed by atoms with Crippen LogP contribution in [-0.4, -0.2) is 4.98 Å². The third-order valence-corrected chi connectivity index (χ3v) is 11.3. The lowest BCUT2D eigenvalue weighted by Gasteiger charge is -2.27. The van der Waals surface area contributed by atoms with Gasteiger partial charge < -0.3 is 13.7 Å². The number of hydrogen-bond donors (Lipinski definition) is 0. The number of nitrogens with zero attached hydrogens (tertiary/aromatic N) is 2. The zero-order valence-corrected chi connectivity index (χ0v) is 29.9. The highest BCUT2D eigenvalue weighted by atomic mass is 16.3. The summed E-state index contributed by atoms with van der Waals surface area (Å²) in [7, 11) is 0. The SMILES string of the molecule is CC1(C)c2ccc(N(c3ccccc3)c3ccc4c(c3)oc3cccc(-c5nc6ccccc6o5)c34)cc2-c2c(-c3cccc4ccccc34)cccc21. The number of oxazole rings is 1. The number of fused-ring (bicyclic) bond motifs is 8. The Morgan fingerprint density at radius 2 is 1.17 bits per heavy atom. The number of para-hydroxylation sites is 3. The van der Waals surface area contributed by atoms with Gasteiger partial charge in [-0.2, -0.15) is 0 Å². The smallest absolute Gasteiger partial charge is 0.228 e. The molecule has 10 aromatic rings. The first-order chi connectivity index (χ1) is 26.5. The fraction of sp³-hybridized carbons (Fsp3) is 0.0600. The van der Waals surface area contributed by atoms with E-state index < -0.39 is 0 Å². The zero-order chi connectivity index (χ0) is 36.0. The Labute approximate surface area is 312 Å². The van der Waals surface area contributed by atoms with Crippen LogP contribution in [0.1, 0.15) is 25.0 Å². The molecule has 4 heteroatoms. The molecule has 2 heterocycles. The fourth-order valence-electron chi connectivity index (χ4n) is 8.76. The van der Waals surface area contributed by atoms with Gasteiger partial charge in [0.2, 0.25) is 5.89 Å². The summed E-state index contributed by atoms with van der Waals surface area (Å²) in [6.07, 6.45) is 0. The van der Waals surface area contributed by atoms with Crippen LogP contribution in [0.3, 0.4) is 0 Å². The van der Waals surface area contributed by atoms with Crippen molar-refractivity contribution in [3.63, 3.8) is 0 Å². The highest BCUT2D eigenvalue weighted by Gasteiger charge is 2.37. The minimum Gasteiger partial charge on any atom is -0.456 e. The topological polar surface area (TPSA) is 42.4 Å². The van der Waals surface area contributed by atoms with Gasteiger partial charge in [-0.15, -0.1) is 0 Å². The van der Waals surface area contributed by atoms with Gasteiger partial charge in [0.25, 0.3) is 0 Å². The van der Waals surface area contributed by atoms with E-state index in [9.17, 15) is 0 Å². The van der Waals surface area contributed by atoms with E-state index in [1.165, 1.54) is 44.2 Å². The van der Waals surface area contributed by atoms with Gasteiger partial charge in [0.05, 0.1) is 0 Å². The summed E-state index contributed by atoms with van der Waals surface area (Å²) in [5.74, 6) is 0.587. The number of benzene rings is 8.